The van der Waals surface area contributed by atoms with Crippen molar-refractivity contribution >= 4 is 57.3 Å². The normalized spacial score (nSPS) is 19.8. The van der Waals surface area contributed by atoms with Crippen LogP contribution in [-0.4, -0.2) is 45.3 Å². The third kappa shape index (κ3) is 13.7. The largest absolute Gasteiger partial charge is 0.469 e. The average molecular weight is 991 g/mol. The van der Waals surface area contributed by atoms with Crippen LogP contribution >= 0.6 is 0 Å². The Labute approximate surface area is 412 Å². The van der Waals surface area contributed by atoms with E-state index in [0.717, 1.165) is 96.0 Å². The number of carbonyl (C=O) groups excluding carboxylic acids is 2. The third-order valence-corrected chi connectivity index (χ3v) is 13.6. The monoisotopic (exact) mass is 991 g/mol. The van der Waals surface area contributed by atoms with E-state index in [1.165, 1.54) is 38.5 Å². The molecule has 2 fully saturated rings. The first-order valence-corrected chi connectivity index (χ1v) is 23.9. The van der Waals surface area contributed by atoms with Crippen LogP contribution in [0.5, 0.6) is 0 Å². The molecule has 71 heavy (non-hydrogen) atoms. The number of aryl methyl sites for hydroxylation is 2. The van der Waals surface area contributed by atoms with Gasteiger partial charge in [-0.05, 0) is 158 Å². The van der Waals surface area contributed by atoms with Gasteiger partial charge in [-0.3, -0.25) is 9.59 Å². The fraction of sp³-hybridized carbons (Fsp3) is 0.491. The van der Waals surface area contributed by atoms with Crippen molar-refractivity contribution in [2.45, 2.75) is 138 Å². The number of ether oxygens (including phenoxy) is 2. The molecular formula is C55H68F6N6O4. The molecule has 8 rings (SSSR count). The highest BCUT2D eigenvalue weighted by molar-refractivity contribution is 5.82. The number of anilines is 4. The molecule has 2 aromatic heterocycles. The van der Waals surface area contributed by atoms with Crippen molar-refractivity contribution in [3.05, 3.63) is 107 Å². The molecule has 0 unspecified atom stereocenters. The molecule has 4 aromatic carbocycles. The molecule has 0 aliphatic heterocycles. The van der Waals surface area contributed by atoms with E-state index in [9.17, 15) is 35.9 Å². The van der Waals surface area contributed by atoms with Gasteiger partial charge in [-0.1, -0.05) is 61.1 Å². The zero-order valence-corrected chi connectivity index (χ0v) is 41.2. The predicted octanol–water partition coefficient (Wildman–Crippen LogP) is 15.2. The van der Waals surface area contributed by atoms with E-state index in [1.807, 2.05) is 36.4 Å². The second-order valence-electron chi connectivity index (χ2n) is 20.9. The second kappa shape index (κ2) is 21.7. The number of aromatic nitrogens is 4. The fourth-order valence-corrected chi connectivity index (χ4v) is 10.9. The summed E-state index contributed by atoms with van der Waals surface area (Å²) in [5.41, 5.74) is 5.53. The summed E-state index contributed by atoms with van der Waals surface area (Å²) in [6, 6.07) is 22.5. The lowest BCUT2D eigenvalue weighted by molar-refractivity contribution is -0.141. The van der Waals surface area contributed by atoms with Crippen LogP contribution in [0.25, 0.3) is 22.1 Å². The van der Waals surface area contributed by atoms with Gasteiger partial charge in [-0.15, -0.1) is 0 Å². The van der Waals surface area contributed by atoms with E-state index in [2.05, 4.69) is 61.3 Å². The molecule has 2 aliphatic rings. The Morgan fingerprint density at radius 3 is 1.25 bits per heavy atom. The summed E-state index contributed by atoms with van der Waals surface area (Å²) in [6.45, 7) is 13.7. The first kappa shape index (κ1) is 54.3. The minimum atomic E-state index is -4.38. The number of hydrogen-bond acceptors (Lipinski definition) is 8. The maximum Gasteiger partial charge on any atom is 0.416 e. The molecule has 2 N–H and O–H groups in total. The zero-order valence-electron chi connectivity index (χ0n) is 41.2. The number of halogens is 6. The molecule has 2 saturated carbocycles. The summed E-state index contributed by atoms with van der Waals surface area (Å²) in [6.07, 6.45) is -0.835. The van der Waals surface area contributed by atoms with Crippen molar-refractivity contribution < 1.29 is 45.4 Å². The number of esters is 2. The van der Waals surface area contributed by atoms with E-state index in [0.29, 0.717) is 47.9 Å². The Kier molecular flexibility index (Phi) is 16.6. The highest BCUT2D eigenvalue weighted by Gasteiger charge is 2.37. The van der Waals surface area contributed by atoms with Crippen LogP contribution in [0.4, 0.5) is 49.6 Å². The summed E-state index contributed by atoms with van der Waals surface area (Å²) in [7, 11) is 2.75. The summed E-state index contributed by atoms with van der Waals surface area (Å²) in [5, 5.41) is 6.54. The highest BCUT2D eigenvalue weighted by atomic mass is 19.4. The molecule has 0 amide bonds. The molecule has 384 valence electrons. The number of imidazole rings is 2. The minimum Gasteiger partial charge on any atom is -0.469 e. The van der Waals surface area contributed by atoms with E-state index < -0.39 is 23.5 Å². The van der Waals surface area contributed by atoms with Gasteiger partial charge in [0.15, 0.2) is 0 Å². The van der Waals surface area contributed by atoms with Gasteiger partial charge >= 0.3 is 24.3 Å². The summed E-state index contributed by atoms with van der Waals surface area (Å²) in [5.74, 6) is 1.77. The van der Waals surface area contributed by atoms with E-state index >= 15 is 0 Å². The summed E-state index contributed by atoms with van der Waals surface area (Å²) >= 11 is 0. The Balaban J connectivity index is 0.000000229. The lowest BCUT2D eigenvalue weighted by atomic mass is 9.70. The lowest BCUT2D eigenvalue weighted by Gasteiger charge is -2.40. The number of carbonyl (C=O) groups is 2. The van der Waals surface area contributed by atoms with E-state index in [1.54, 1.807) is 0 Å². The summed E-state index contributed by atoms with van der Waals surface area (Å²) in [4.78, 5) is 32.8. The number of hydrogen-bond donors (Lipinski definition) is 2. The highest BCUT2D eigenvalue weighted by Crippen LogP contribution is 2.48. The first-order valence-electron chi connectivity index (χ1n) is 23.9. The number of methoxy groups -OCH3 is 2. The number of benzene rings is 4. The average Bonchev–Trinajstić information content (AvgIpc) is 3.82. The molecule has 10 nitrogen and oxygen atoms in total. The van der Waals surface area contributed by atoms with Crippen LogP contribution in [0.1, 0.15) is 135 Å². The number of fused-ring (bicyclic) bond motifs is 2. The number of rotatable bonds is 12. The third-order valence-electron chi connectivity index (χ3n) is 13.6. The molecule has 0 spiro atoms. The van der Waals surface area contributed by atoms with Gasteiger partial charge in [0.25, 0.3) is 0 Å². The van der Waals surface area contributed by atoms with Gasteiger partial charge in [-0.2, -0.15) is 26.3 Å². The fourth-order valence-electron chi connectivity index (χ4n) is 10.9. The number of nitrogens with zero attached hydrogens (tertiary/aromatic N) is 4. The maximum absolute atomic E-state index is 13.0. The van der Waals surface area contributed by atoms with Crippen LogP contribution in [0.3, 0.4) is 0 Å². The zero-order chi connectivity index (χ0) is 50.8. The molecule has 0 bridgehead atoms. The predicted molar refractivity (Wildman–Crippen MR) is 268 cm³/mol. The van der Waals surface area contributed by atoms with Crippen molar-refractivity contribution in [3.63, 3.8) is 0 Å². The van der Waals surface area contributed by atoms with Gasteiger partial charge in [0.1, 0.15) is 0 Å². The Bertz CT molecular complexity index is 2590. The van der Waals surface area contributed by atoms with E-state index in [4.69, 9.17) is 19.4 Å². The molecular weight excluding hydrogens is 923 g/mol. The molecule has 0 radical (unpaired) electrons. The van der Waals surface area contributed by atoms with Gasteiger partial charge in [-0.25, -0.2) is 9.97 Å². The van der Waals surface area contributed by atoms with Crippen LogP contribution in [0.15, 0.2) is 84.9 Å². The van der Waals surface area contributed by atoms with Crippen molar-refractivity contribution in [2.75, 3.05) is 24.9 Å². The molecule has 6 aromatic rings. The molecule has 2 aliphatic carbocycles. The van der Waals surface area contributed by atoms with Crippen molar-refractivity contribution in [1.82, 2.24) is 19.1 Å². The summed E-state index contributed by atoms with van der Waals surface area (Å²) < 4.78 is 92.0. The van der Waals surface area contributed by atoms with Gasteiger partial charge < -0.3 is 29.2 Å². The van der Waals surface area contributed by atoms with Crippen molar-refractivity contribution in [1.29, 1.82) is 0 Å². The van der Waals surface area contributed by atoms with Gasteiger partial charge in [0.2, 0.25) is 11.9 Å². The van der Waals surface area contributed by atoms with Gasteiger partial charge in [0.05, 0.1) is 47.4 Å². The lowest BCUT2D eigenvalue weighted by Crippen LogP contribution is -2.29. The van der Waals surface area contributed by atoms with Crippen LogP contribution < -0.4 is 10.6 Å². The van der Waals surface area contributed by atoms with Crippen LogP contribution in [0, 0.1) is 22.7 Å². The standard InChI is InChI=1S/2C27H32F3N3O2.CH4/c2*1-17-13-21(16-26(2,3)15-17)33-23-11-5-18(6-12-24(34)35-4)14-22(23)32-25(33)31-20-9-7-19(8-10-20)27(28,29)30;/h2*5,7-11,14,17,21H,6,12-13,15-16H2,1-4H3,(H,31,32);1H4/t2*17-,21+;/m10./s1. The Morgan fingerprint density at radius 2 is 0.944 bits per heavy atom. The maximum atomic E-state index is 13.0. The quantitative estimate of drug-likeness (QED) is 0.0921. The minimum absolute atomic E-state index is 0. The van der Waals surface area contributed by atoms with Gasteiger partial charge in [0, 0.05) is 36.3 Å². The van der Waals surface area contributed by atoms with Crippen molar-refractivity contribution in [3.8, 4) is 0 Å². The SMILES string of the molecule is C.COC(=O)CCc1ccc2c(c1)nc(Nc1ccc(C(F)(F)F)cc1)n2[C@@H]1C[C@H](C)CC(C)(C)C1.COC(=O)CCc1ccc2c(c1)nc(Nc1ccc(C(F)(F)F)cc1)n2[C@H]1C[C@@H](C)CC(C)(C)C1. The van der Waals surface area contributed by atoms with Crippen molar-refractivity contribution in [2.24, 2.45) is 22.7 Å². The topological polar surface area (TPSA) is 112 Å². The number of nitrogens with one attached hydrogen (secondary N) is 2. The molecule has 2 heterocycles. The smallest absolute Gasteiger partial charge is 0.416 e. The molecule has 0 saturated heterocycles. The molecule has 4 atom stereocenters. The number of alkyl halides is 6. The Morgan fingerprint density at radius 1 is 0.592 bits per heavy atom. The Hall–Kier alpha value is -6.06. The van der Waals surface area contributed by atoms with E-state index in [-0.39, 0.29) is 55.1 Å². The van der Waals surface area contributed by atoms with Crippen LogP contribution in [-0.2, 0) is 44.3 Å². The molecule has 16 heteroatoms. The first-order chi connectivity index (χ1) is 32.9. The van der Waals surface area contributed by atoms with Crippen LogP contribution in [0.2, 0.25) is 0 Å². The second-order valence-corrected chi connectivity index (χ2v) is 20.9.